The Labute approximate surface area is 165 Å². The van der Waals surface area contributed by atoms with Crippen molar-refractivity contribution in [3.63, 3.8) is 0 Å². The molecule has 0 radical (unpaired) electrons. The van der Waals surface area contributed by atoms with E-state index in [1.165, 1.54) is 27.6 Å². The van der Waals surface area contributed by atoms with E-state index in [4.69, 9.17) is 12.2 Å². The zero-order chi connectivity index (χ0) is 18.5. The van der Waals surface area contributed by atoms with Crippen LogP contribution in [0, 0.1) is 0 Å². The third-order valence-corrected chi connectivity index (χ3v) is 6.78. The highest BCUT2D eigenvalue weighted by Crippen LogP contribution is 2.39. The highest BCUT2D eigenvalue weighted by Gasteiger charge is 2.34. The molecule has 1 saturated heterocycles. The minimum atomic E-state index is 0.164. The van der Waals surface area contributed by atoms with Crippen molar-refractivity contribution >= 4 is 33.8 Å². The van der Waals surface area contributed by atoms with E-state index in [-0.39, 0.29) is 18.7 Å². The Morgan fingerprint density at radius 1 is 1.41 bits per heavy atom. The van der Waals surface area contributed by atoms with Gasteiger partial charge in [0.15, 0.2) is 5.11 Å². The molecule has 0 amide bonds. The van der Waals surface area contributed by atoms with Crippen LogP contribution in [0.5, 0.6) is 0 Å². The Bertz CT molecular complexity index is 920. The van der Waals surface area contributed by atoms with Crippen LogP contribution in [0.25, 0.3) is 16.5 Å². The van der Waals surface area contributed by atoms with Crippen molar-refractivity contribution in [2.75, 3.05) is 26.7 Å². The third-order valence-electron chi connectivity index (χ3n) is 6.43. The molecule has 3 heterocycles. The predicted octanol–water partition coefficient (Wildman–Crippen LogP) is 2.12. The summed E-state index contributed by atoms with van der Waals surface area (Å²) in [6.07, 6.45) is 7.71. The van der Waals surface area contributed by atoms with Crippen LogP contribution < -0.4 is 5.32 Å². The van der Waals surface area contributed by atoms with Gasteiger partial charge in [0.1, 0.15) is 0 Å². The van der Waals surface area contributed by atoms with E-state index in [0.29, 0.717) is 6.04 Å². The number of benzene rings is 1. The maximum atomic E-state index is 9.59. The molecule has 1 aliphatic carbocycles. The summed E-state index contributed by atoms with van der Waals surface area (Å²) < 4.78 is 0. The summed E-state index contributed by atoms with van der Waals surface area (Å²) in [5.41, 5.74) is 5.39. The van der Waals surface area contributed by atoms with Crippen molar-refractivity contribution in [1.29, 1.82) is 0 Å². The van der Waals surface area contributed by atoms with Gasteiger partial charge in [-0.25, -0.2) is 0 Å². The molecular formula is C21H26N4OS. The first-order valence-corrected chi connectivity index (χ1v) is 10.3. The molecular weight excluding hydrogens is 356 g/mol. The van der Waals surface area contributed by atoms with Crippen LogP contribution in [0.1, 0.15) is 24.0 Å². The maximum Gasteiger partial charge on any atom is 0.169 e. The van der Waals surface area contributed by atoms with Crippen molar-refractivity contribution < 1.29 is 5.11 Å². The number of nitrogens with zero attached hydrogens (tertiary/aromatic N) is 2. The summed E-state index contributed by atoms with van der Waals surface area (Å²) in [7, 11) is 2.21. The number of likely N-dealkylation sites (tertiary alicyclic amines) is 1. The Balaban J connectivity index is 1.45. The summed E-state index contributed by atoms with van der Waals surface area (Å²) >= 11 is 5.69. The van der Waals surface area contributed by atoms with Gasteiger partial charge in [0, 0.05) is 36.2 Å². The molecule has 142 valence electrons. The van der Waals surface area contributed by atoms with Crippen LogP contribution in [0.4, 0.5) is 0 Å². The Hall–Kier alpha value is -1.89. The molecule has 0 saturated carbocycles. The van der Waals surface area contributed by atoms with Gasteiger partial charge in [0.2, 0.25) is 0 Å². The first-order chi connectivity index (χ1) is 13.2. The maximum absolute atomic E-state index is 9.59. The molecule has 5 rings (SSSR count). The minimum absolute atomic E-state index is 0.164. The average Bonchev–Trinajstić information content (AvgIpc) is 3.31. The van der Waals surface area contributed by atoms with Crippen molar-refractivity contribution in [3.05, 3.63) is 41.6 Å². The highest BCUT2D eigenvalue weighted by molar-refractivity contribution is 7.80. The molecule has 0 unspecified atom stereocenters. The van der Waals surface area contributed by atoms with Crippen LogP contribution >= 0.6 is 12.2 Å². The molecule has 0 bridgehead atoms. The number of aromatic amines is 1. The molecule has 1 fully saturated rings. The van der Waals surface area contributed by atoms with Gasteiger partial charge in [-0.05, 0) is 61.3 Å². The van der Waals surface area contributed by atoms with Gasteiger partial charge in [-0.2, -0.15) is 0 Å². The molecule has 2 aliphatic heterocycles. The van der Waals surface area contributed by atoms with Crippen LogP contribution in [0.15, 0.2) is 30.5 Å². The Kier molecular flexibility index (Phi) is 4.22. The molecule has 5 nitrogen and oxygen atoms in total. The number of nitrogens with one attached hydrogen (secondary N) is 2. The smallest absolute Gasteiger partial charge is 0.169 e. The van der Waals surface area contributed by atoms with Gasteiger partial charge < -0.3 is 20.3 Å². The fourth-order valence-electron chi connectivity index (χ4n) is 5.08. The van der Waals surface area contributed by atoms with E-state index in [2.05, 4.69) is 57.6 Å². The lowest BCUT2D eigenvalue weighted by atomic mass is 9.81. The quantitative estimate of drug-likeness (QED) is 0.695. The van der Waals surface area contributed by atoms with Gasteiger partial charge in [0.05, 0.1) is 18.7 Å². The summed E-state index contributed by atoms with van der Waals surface area (Å²) in [6, 6.07) is 7.31. The molecule has 1 aromatic carbocycles. The van der Waals surface area contributed by atoms with E-state index < -0.39 is 0 Å². The topological polar surface area (TPSA) is 54.5 Å². The molecule has 1 aromatic heterocycles. The zero-order valence-electron chi connectivity index (χ0n) is 15.6. The van der Waals surface area contributed by atoms with Crippen LogP contribution in [-0.4, -0.2) is 69.9 Å². The van der Waals surface area contributed by atoms with Crippen LogP contribution in [0.3, 0.4) is 0 Å². The second-order valence-corrected chi connectivity index (χ2v) is 8.44. The lowest BCUT2D eigenvalue weighted by molar-refractivity contribution is 0.205. The molecule has 6 heteroatoms. The third kappa shape index (κ3) is 2.78. The van der Waals surface area contributed by atoms with Crippen molar-refractivity contribution in [3.8, 4) is 0 Å². The predicted molar refractivity (Wildman–Crippen MR) is 113 cm³/mol. The van der Waals surface area contributed by atoms with Gasteiger partial charge in [-0.1, -0.05) is 18.2 Å². The van der Waals surface area contributed by atoms with Gasteiger partial charge >= 0.3 is 0 Å². The molecule has 27 heavy (non-hydrogen) atoms. The lowest BCUT2D eigenvalue weighted by Gasteiger charge is -2.41. The summed E-state index contributed by atoms with van der Waals surface area (Å²) in [4.78, 5) is 8.02. The summed E-state index contributed by atoms with van der Waals surface area (Å²) in [5, 5.41) is 15.3. The normalized spacial score (nSPS) is 27.6. The Morgan fingerprint density at radius 2 is 2.30 bits per heavy atom. The number of aliphatic hydroxyl groups is 1. The van der Waals surface area contributed by atoms with E-state index in [9.17, 15) is 5.11 Å². The number of hydrogen-bond acceptors (Lipinski definition) is 3. The fourth-order valence-corrected chi connectivity index (χ4v) is 5.47. The van der Waals surface area contributed by atoms with Crippen molar-refractivity contribution in [2.45, 2.75) is 37.4 Å². The highest BCUT2D eigenvalue weighted by atomic mass is 32.1. The van der Waals surface area contributed by atoms with Gasteiger partial charge in [-0.15, -0.1) is 0 Å². The number of likely N-dealkylation sites (N-methyl/N-ethyl adjacent to an activating group) is 1. The van der Waals surface area contributed by atoms with E-state index in [1.807, 2.05) is 0 Å². The Morgan fingerprint density at radius 3 is 3.15 bits per heavy atom. The largest absolute Gasteiger partial charge is 0.394 e. The molecule has 3 aliphatic rings. The van der Waals surface area contributed by atoms with Crippen molar-refractivity contribution in [2.24, 2.45) is 0 Å². The van der Waals surface area contributed by atoms with Crippen molar-refractivity contribution in [1.82, 2.24) is 20.1 Å². The number of fused-ring (bicyclic) bond motifs is 2. The summed E-state index contributed by atoms with van der Waals surface area (Å²) in [5.74, 6) is 0. The standard InChI is InChI=1S/C21H26N4OS/c1-24-11-14(23-21(27)25-7-3-4-15(25)12-26)9-17-16-5-2-6-18-20(16)13(10-22-18)8-19(17)24/h2,5-6,9-10,14-15,19,22,26H,3-4,7-8,11-12H2,1H3,(H,23,27)/t14-,15-,19+/m0/s1. The average molecular weight is 383 g/mol. The van der Waals surface area contributed by atoms with Gasteiger partial charge in [-0.3, -0.25) is 4.90 Å². The minimum Gasteiger partial charge on any atom is -0.394 e. The lowest BCUT2D eigenvalue weighted by Crippen LogP contribution is -2.53. The van der Waals surface area contributed by atoms with Crippen LogP contribution in [-0.2, 0) is 6.42 Å². The molecule has 2 aromatic rings. The molecule has 0 spiro atoms. The fraction of sp³-hybridized carbons (Fsp3) is 0.476. The molecule has 3 atom stereocenters. The number of aromatic nitrogens is 1. The van der Waals surface area contributed by atoms with Gasteiger partial charge in [0.25, 0.3) is 0 Å². The number of H-pyrrole nitrogens is 1. The number of hydrogen-bond donors (Lipinski definition) is 3. The summed E-state index contributed by atoms with van der Waals surface area (Å²) in [6.45, 7) is 2.04. The van der Waals surface area contributed by atoms with E-state index in [0.717, 1.165) is 37.5 Å². The first-order valence-electron chi connectivity index (χ1n) is 9.85. The number of aliphatic hydroxyl groups excluding tert-OH is 1. The number of thiocarbonyl (C=S) groups is 1. The van der Waals surface area contributed by atoms with E-state index in [1.54, 1.807) is 0 Å². The first kappa shape index (κ1) is 17.2. The second kappa shape index (κ2) is 6.62. The molecule has 3 N–H and O–H groups in total. The zero-order valence-corrected chi connectivity index (χ0v) is 16.4. The second-order valence-electron chi connectivity index (χ2n) is 8.05. The number of rotatable bonds is 2. The van der Waals surface area contributed by atoms with Crippen LogP contribution in [0.2, 0.25) is 0 Å². The SMILES string of the molecule is CN1C[C@@H](NC(=S)N2CCC[C@H]2CO)C=C2c3cccc4[nH]cc(c34)C[C@H]21. The monoisotopic (exact) mass is 382 g/mol. The van der Waals surface area contributed by atoms with E-state index >= 15 is 0 Å².